The Labute approximate surface area is 95.7 Å². The Morgan fingerprint density at radius 1 is 1.31 bits per heavy atom. The molecule has 1 aromatic carbocycles. The van der Waals surface area contributed by atoms with Crippen LogP contribution in [-0.4, -0.2) is 12.4 Å². The summed E-state index contributed by atoms with van der Waals surface area (Å²) >= 11 is 6.87. The minimum Gasteiger partial charge on any atom is -0.497 e. The van der Waals surface area contributed by atoms with Crippen LogP contribution in [0.3, 0.4) is 0 Å². The van der Waals surface area contributed by atoms with Crippen molar-refractivity contribution < 1.29 is 4.74 Å². The van der Waals surface area contributed by atoms with E-state index in [9.17, 15) is 0 Å². The zero-order valence-corrected chi connectivity index (χ0v) is 10.7. The molecule has 0 heterocycles. The molecule has 13 heavy (non-hydrogen) atoms. The molecule has 0 saturated heterocycles. The molecule has 0 saturated carbocycles. The van der Waals surface area contributed by atoms with Crippen LogP contribution in [0.2, 0.25) is 0 Å². The molecule has 1 nitrogen and oxygen atoms in total. The molecule has 0 amide bonds. The van der Waals surface area contributed by atoms with Crippen LogP contribution in [0.1, 0.15) is 12.0 Å². The molecule has 0 spiro atoms. The Morgan fingerprint density at radius 2 is 2.08 bits per heavy atom. The fourth-order valence-electron chi connectivity index (χ4n) is 1.15. The summed E-state index contributed by atoms with van der Waals surface area (Å²) in [5.41, 5.74) is 1.31. The van der Waals surface area contributed by atoms with Crippen LogP contribution in [0.5, 0.6) is 5.75 Å². The average Bonchev–Trinajstić information content (AvgIpc) is 2.14. The fraction of sp³-hybridized carbons (Fsp3) is 0.400. The van der Waals surface area contributed by atoms with Gasteiger partial charge in [-0.15, -0.1) is 0 Å². The van der Waals surface area contributed by atoms with E-state index in [0.29, 0.717) is 0 Å². The third-order valence-corrected chi connectivity index (χ3v) is 2.78. The number of ether oxygens (including phenoxy) is 1. The number of aryl methyl sites for hydroxylation is 1. The van der Waals surface area contributed by atoms with Gasteiger partial charge in [0.2, 0.25) is 0 Å². The van der Waals surface area contributed by atoms with E-state index in [1.165, 1.54) is 5.56 Å². The van der Waals surface area contributed by atoms with Crippen LogP contribution < -0.4 is 4.74 Å². The van der Waals surface area contributed by atoms with E-state index in [-0.39, 0.29) is 0 Å². The van der Waals surface area contributed by atoms with E-state index in [2.05, 4.69) is 44.0 Å². The maximum atomic E-state index is 5.17. The highest BCUT2D eigenvalue weighted by molar-refractivity contribution is 9.10. The van der Waals surface area contributed by atoms with Gasteiger partial charge in [-0.1, -0.05) is 31.9 Å². The molecule has 3 heteroatoms. The summed E-state index contributed by atoms with van der Waals surface area (Å²) in [6.07, 6.45) is 2.24. The highest BCUT2D eigenvalue weighted by Crippen LogP contribution is 2.22. The Hall–Kier alpha value is -0.0200. The zero-order chi connectivity index (χ0) is 9.68. The lowest BCUT2D eigenvalue weighted by Gasteiger charge is -2.04. The predicted octanol–water partition coefficient (Wildman–Crippen LogP) is 3.79. The van der Waals surface area contributed by atoms with Crippen molar-refractivity contribution in [3.63, 3.8) is 0 Å². The Bertz CT molecular complexity index is 274. The van der Waals surface area contributed by atoms with Crippen LogP contribution >= 0.6 is 31.9 Å². The van der Waals surface area contributed by atoms with E-state index in [1.54, 1.807) is 7.11 Å². The monoisotopic (exact) mass is 306 g/mol. The minimum atomic E-state index is 0.916. The van der Waals surface area contributed by atoms with Crippen molar-refractivity contribution in [1.82, 2.24) is 0 Å². The Morgan fingerprint density at radius 3 is 2.69 bits per heavy atom. The van der Waals surface area contributed by atoms with Crippen LogP contribution in [0.25, 0.3) is 0 Å². The second kappa shape index (κ2) is 5.66. The van der Waals surface area contributed by atoms with Crippen LogP contribution in [0, 0.1) is 0 Å². The quantitative estimate of drug-likeness (QED) is 0.769. The molecule has 0 aliphatic carbocycles. The molecule has 72 valence electrons. The Kier molecular flexibility index (Phi) is 4.81. The molecule has 1 rings (SSSR count). The van der Waals surface area contributed by atoms with Crippen molar-refractivity contribution in [3.05, 3.63) is 28.2 Å². The van der Waals surface area contributed by atoms with Crippen molar-refractivity contribution in [2.24, 2.45) is 0 Å². The predicted molar refractivity (Wildman–Crippen MR) is 62.8 cm³/mol. The van der Waals surface area contributed by atoms with E-state index in [0.717, 1.165) is 28.4 Å². The van der Waals surface area contributed by atoms with Gasteiger partial charge in [-0.2, -0.15) is 0 Å². The van der Waals surface area contributed by atoms with E-state index >= 15 is 0 Å². The number of rotatable bonds is 4. The molecule has 0 atom stereocenters. The van der Waals surface area contributed by atoms with Crippen molar-refractivity contribution in [3.8, 4) is 5.75 Å². The third kappa shape index (κ3) is 3.69. The first-order chi connectivity index (χ1) is 6.26. The van der Waals surface area contributed by atoms with E-state index in [4.69, 9.17) is 4.74 Å². The van der Waals surface area contributed by atoms with Gasteiger partial charge in [0, 0.05) is 9.80 Å². The Balaban J connectivity index is 2.76. The molecule has 0 N–H and O–H groups in total. The first kappa shape index (κ1) is 11.1. The molecular weight excluding hydrogens is 296 g/mol. The highest BCUT2D eigenvalue weighted by Gasteiger charge is 1.98. The number of alkyl halides is 1. The molecular formula is C10H12Br2O. The van der Waals surface area contributed by atoms with Gasteiger partial charge in [-0.05, 0) is 36.6 Å². The largest absolute Gasteiger partial charge is 0.497 e. The van der Waals surface area contributed by atoms with Gasteiger partial charge >= 0.3 is 0 Å². The van der Waals surface area contributed by atoms with Crippen LogP contribution in [-0.2, 0) is 6.42 Å². The first-order valence-corrected chi connectivity index (χ1v) is 6.07. The molecule has 0 unspecified atom stereocenters. The maximum absolute atomic E-state index is 5.17. The lowest BCUT2D eigenvalue weighted by Crippen LogP contribution is -1.89. The van der Waals surface area contributed by atoms with Crippen molar-refractivity contribution in [1.29, 1.82) is 0 Å². The van der Waals surface area contributed by atoms with Gasteiger partial charge in [-0.25, -0.2) is 0 Å². The third-order valence-electron chi connectivity index (χ3n) is 1.77. The van der Waals surface area contributed by atoms with Crippen LogP contribution in [0.4, 0.5) is 0 Å². The highest BCUT2D eigenvalue weighted by atomic mass is 79.9. The summed E-state index contributed by atoms with van der Waals surface area (Å²) < 4.78 is 6.25. The molecule has 0 radical (unpaired) electrons. The second-order valence-corrected chi connectivity index (χ2v) is 4.50. The average molecular weight is 308 g/mol. The summed E-state index contributed by atoms with van der Waals surface area (Å²) in [7, 11) is 1.69. The summed E-state index contributed by atoms with van der Waals surface area (Å²) in [6.45, 7) is 0. The molecule has 0 aliphatic rings. The number of hydrogen-bond donors (Lipinski definition) is 0. The first-order valence-electron chi connectivity index (χ1n) is 4.15. The summed E-state index contributed by atoms with van der Waals surface area (Å²) in [6, 6.07) is 6.18. The molecule has 0 bridgehead atoms. The van der Waals surface area contributed by atoms with Crippen molar-refractivity contribution >= 4 is 31.9 Å². The number of benzene rings is 1. The molecule has 0 fully saturated rings. The SMILES string of the molecule is COc1cc(Br)cc(CCCBr)c1. The van der Waals surface area contributed by atoms with Crippen molar-refractivity contribution in [2.75, 3.05) is 12.4 Å². The smallest absolute Gasteiger partial charge is 0.120 e. The summed E-state index contributed by atoms with van der Waals surface area (Å²) in [4.78, 5) is 0. The van der Waals surface area contributed by atoms with E-state index in [1.807, 2.05) is 6.07 Å². The van der Waals surface area contributed by atoms with Gasteiger partial charge in [0.15, 0.2) is 0 Å². The maximum Gasteiger partial charge on any atom is 0.120 e. The lowest BCUT2D eigenvalue weighted by atomic mass is 10.1. The molecule has 0 aromatic heterocycles. The summed E-state index contributed by atoms with van der Waals surface area (Å²) in [5, 5.41) is 1.04. The molecule has 1 aromatic rings. The van der Waals surface area contributed by atoms with Gasteiger partial charge in [0.1, 0.15) is 5.75 Å². The number of halogens is 2. The fourth-order valence-corrected chi connectivity index (χ4v) is 1.95. The normalized spacial score (nSPS) is 10.1. The topological polar surface area (TPSA) is 9.23 Å². The van der Waals surface area contributed by atoms with Gasteiger partial charge in [0.05, 0.1) is 7.11 Å². The summed E-state index contributed by atoms with van der Waals surface area (Å²) in [5.74, 6) is 0.916. The number of methoxy groups -OCH3 is 1. The van der Waals surface area contributed by atoms with E-state index < -0.39 is 0 Å². The second-order valence-electron chi connectivity index (χ2n) is 2.79. The van der Waals surface area contributed by atoms with Crippen LogP contribution in [0.15, 0.2) is 22.7 Å². The minimum absolute atomic E-state index is 0.916. The standard InChI is InChI=1S/C10H12Br2O/c1-13-10-6-8(3-2-4-11)5-9(12)7-10/h5-7H,2-4H2,1H3. The zero-order valence-electron chi connectivity index (χ0n) is 7.52. The molecule has 0 aliphatic heterocycles. The van der Waals surface area contributed by atoms with Crippen molar-refractivity contribution in [2.45, 2.75) is 12.8 Å². The lowest BCUT2D eigenvalue weighted by molar-refractivity contribution is 0.414. The van der Waals surface area contributed by atoms with Gasteiger partial charge in [0.25, 0.3) is 0 Å². The number of hydrogen-bond acceptors (Lipinski definition) is 1. The van der Waals surface area contributed by atoms with Gasteiger partial charge in [-0.3, -0.25) is 0 Å². The van der Waals surface area contributed by atoms with Gasteiger partial charge < -0.3 is 4.74 Å².